The number of halogens is 1. The summed E-state index contributed by atoms with van der Waals surface area (Å²) in [5.74, 6) is -0.533. The molecule has 0 unspecified atom stereocenters. The van der Waals surface area contributed by atoms with E-state index in [0.29, 0.717) is 22.0 Å². The lowest BCUT2D eigenvalue weighted by atomic mass is 10.0. The number of para-hydroxylation sites is 1. The first kappa shape index (κ1) is 19.5. The summed E-state index contributed by atoms with van der Waals surface area (Å²) >= 11 is 0. The first-order valence-electron chi connectivity index (χ1n) is 9.63. The molecule has 0 fully saturated rings. The van der Waals surface area contributed by atoms with Crippen molar-refractivity contribution in [1.82, 2.24) is 9.78 Å². The Morgan fingerprint density at radius 3 is 2.43 bits per heavy atom. The van der Waals surface area contributed by atoms with Crippen LogP contribution in [0.1, 0.15) is 19.4 Å². The molecule has 1 heterocycles. The van der Waals surface area contributed by atoms with Crippen LogP contribution in [0.5, 0.6) is 0 Å². The molecule has 30 heavy (non-hydrogen) atoms. The average molecular weight is 401 g/mol. The molecule has 0 aliphatic carbocycles. The predicted molar refractivity (Wildman–Crippen MR) is 117 cm³/mol. The summed E-state index contributed by atoms with van der Waals surface area (Å²) in [5.41, 5.74) is 1.66. The molecule has 0 aliphatic rings. The second-order valence-electron chi connectivity index (χ2n) is 7.27. The van der Waals surface area contributed by atoms with E-state index in [4.69, 9.17) is 0 Å². The predicted octanol–water partition coefficient (Wildman–Crippen LogP) is 4.53. The van der Waals surface area contributed by atoms with Crippen LogP contribution in [-0.4, -0.2) is 26.8 Å². The van der Waals surface area contributed by atoms with Crippen LogP contribution in [0.3, 0.4) is 0 Å². The van der Waals surface area contributed by atoms with Gasteiger partial charge in [-0.05, 0) is 44.2 Å². The van der Waals surface area contributed by atoms with E-state index >= 15 is 0 Å². The second-order valence-corrected chi connectivity index (χ2v) is 7.27. The molecule has 5 nitrogen and oxygen atoms in total. The highest BCUT2D eigenvalue weighted by molar-refractivity contribution is 5.94. The monoisotopic (exact) mass is 401 g/mol. The van der Waals surface area contributed by atoms with E-state index in [-0.39, 0.29) is 11.7 Å². The van der Waals surface area contributed by atoms with E-state index < -0.39 is 11.4 Å². The third-order valence-corrected chi connectivity index (χ3v) is 4.83. The zero-order chi connectivity index (χ0) is 21.3. The molecule has 1 aromatic heterocycles. The summed E-state index contributed by atoms with van der Waals surface area (Å²) in [6, 6.07) is 20.3. The Bertz CT molecular complexity index is 1330. The van der Waals surface area contributed by atoms with E-state index in [2.05, 4.69) is 5.10 Å². The van der Waals surface area contributed by atoms with E-state index in [1.807, 2.05) is 50.2 Å². The average Bonchev–Trinajstić information content (AvgIpc) is 2.75. The molecule has 0 spiro atoms. The first-order valence-corrected chi connectivity index (χ1v) is 9.63. The van der Waals surface area contributed by atoms with E-state index in [1.54, 1.807) is 24.3 Å². The van der Waals surface area contributed by atoms with Gasteiger partial charge >= 0.3 is 0 Å². The SMILES string of the molecule is CC(C)/[N+]([O-])=C/c1cccc(-c2nn(-c3ccccc3F)c(=O)c3ccccc23)c1. The maximum atomic E-state index is 14.4. The first-order chi connectivity index (χ1) is 14.5. The zero-order valence-electron chi connectivity index (χ0n) is 16.6. The molecule has 0 saturated heterocycles. The number of hydrogen-bond donors (Lipinski definition) is 0. The minimum atomic E-state index is -0.533. The van der Waals surface area contributed by atoms with Gasteiger partial charge in [-0.1, -0.05) is 42.5 Å². The van der Waals surface area contributed by atoms with Gasteiger partial charge in [-0.2, -0.15) is 9.78 Å². The molecule has 4 rings (SSSR count). The van der Waals surface area contributed by atoms with Crippen LogP contribution in [0.2, 0.25) is 0 Å². The van der Waals surface area contributed by atoms with Crippen molar-refractivity contribution in [3.63, 3.8) is 0 Å². The molecule has 6 heteroatoms. The lowest BCUT2D eigenvalue weighted by molar-refractivity contribution is -0.487. The Hall–Kier alpha value is -3.80. The van der Waals surface area contributed by atoms with Gasteiger partial charge in [0, 0.05) is 16.5 Å². The highest BCUT2D eigenvalue weighted by Crippen LogP contribution is 2.26. The van der Waals surface area contributed by atoms with Crippen LogP contribution in [0, 0.1) is 11.0 Å². The summed E-state index contributed by atoms with van der Waals surface area (Å²) in [4.78, 5) is 13.0. The van der Waals surface area contributed by atoms with Crippen molar-refractivity contribution in [2.45, 2.75) is 19.9 Å². The van der Waals surface area contributed by atoms with Gasteiger partial charge in [0.1, 0.15) is 11.5 Å². The molecule has 0 N–H and O–H groups in total. The number of aromatic nitrogens is 2. The van der Waals surface area contributed by atoms with Crippen LogP contribution < -0.4 is 5.56 Å². The van der Waals surface area contributed by atoms with Gasteiger partial charge in [-0.15, -0.1) is 0 Å². The summed E-state index contributed by atoms with van der Waals surface area (Å²) in [5, 5.41) is 17.7. The number of nitrogens with zero attached hydrogens (tertiary/aromatic N) is 3. The third kappa shape index (κ3) is 3.59. The fourth-order valence-electron chi connectivity index (χ4n) is 3.25. The van der Waals surface area contributed by atoms with E-state index in [9.17, 15) is 14.4 Å². The highest BCUT2D eigenvalue weighted by atomic mass is 19.1. The molecular formula is C24H20FN3O2. The normalized spacial score (nSPS) is 11.9. The Morgan fingerprint density at radius 1 is 1.00 bits per heavy atom. The Kier molecular flexibility index (Phi) is 5.14. The molecule has 0 amide bonds. The smallest absolute Gasteiger partial charge is 0.279 e. The van der Waals surface area contributed by atoms with Crippen LogP contribution in [0.4, 0.5) is 4.39 Å². The summed E-state index contributed by atoms with van der Waals surface area (Å²) in [6.07, 6.45) is 1.52. The summed E-state index contributed by atoms with van der Waals surface area (Å²) in [6.45, 7) is 3.62. The van der Waals surface area contributed by atoms with Gasteiger partial charge in [0.25, 0.3) is 5.56 Å². The van der Waals surface area contributed by atoms with Crippen molar-refractivity contribution in [2.75, 3.05) is 0 Å². The maximum Gasteiger partial charge on any atom is 0.279 e. The minimum absolute atomic E-state index is 0.0859. The number of rotatable bonds is 4. The lowest BCUT2D eigenvalue weighted by Gasteiger charge is -2.12. The summed E-state index contributed by atoms with van der Waals surface area (Å²) in [7, 11) is 0. The van der Waals surface area contributed by atoms with Crippen LogP contribution >= 0.6 is 0 Å². The molecule has 0 atom stereocenters. The van der Waals surface area contributed by atoms with Gasteiger partial charge in [-0.3, -0.25) is 4.79 Å². The van der Waals surface area contributed by atoms with Gasteiger partial charge in [0.05, 0.1) is 11.1 Å². The van der Waals surface area contributed by atoms with Crippen molar-refractivity contribution in [3.05, 3.63) is 99.7 Å². The van der Waals surface area contributed by atoms with Crippen molar-refractivity contribution in [3.8, 4) is 16.9 Å². The van der Waals surface area contributed by atoms with Crippen LogP contribution in [0.25, 0.3) is 27.7 Å². The maximum absolute atomic E-state index is 14.4. The molecule has 0 aliphatic heterocycles. The molecule has 0 bridgehead atoms. The van der Waals surface area contributed by atoms with E-state index in [1.165, 1.54) is 18.3 Å². The lowest BCUT2D eigenvalue weighted by Crippen LogP contribution is -2.23. The summed E-state index contributed by atoms with van der Waals surface area (Å²) < 4.78 is 16.4. The second kappa shape index (κ2) is 7.91. The van der Waals surface area contributed by atoms with Gasteiger partial charge in [0.2, 0.25) is 0 Å². The fraction of sp³-hybridized carbons (Fsp3) is 0.125. The molecule has 0 radical (unpaired) electrons. The van der Waals surface area contributed by atoms with Gasteiger partial charge in [-0.25, -0.2) is 9.13 Å². The highest BCUT2D eigenvalue weighted by Gasteiger charge is 2.15. The number of hydroxylamine groups is 1. The van der Waals surface area contributed by atoms with E-state index in [0.717, 1.165) is 15.0 Å². The quantitative estimate of drug-likeness (QED) is 0.218. The van der Waals surface area contributed by atoms with Crippen molar-refractivity contribution in [2.24, 2.45) is 0 Å². The van der Waals surface area contributed by atoms with Crippen LogP contribution in [-0.2, 0) is 0 Å². The number of benzene rings is 3. The molecule has 4 aromatic rings. The third-order valence-electron chi connectivity index (χ3n) is 4.83. The Balaban J connectivity index is 1.99. The van der Waals surface area contributed by atoms with Gasteiger partial charge in [0.15, 0.2) is 12.3 Å². The Labute approximate surface area is 172 Å². The number of fused-ring (bicyclic) bond motifs is 1. The van der Waals surface area contributed by atoms with Crippen molar-refractivity contribution in [1.29, 1.82) is 0 Å². The largest absolute Gasteiger partial charge is 0.624 e. The van der Waals surface area contributed by atoms with Gasteiger partial charge < -0.3 is 5.21 Å². The number of hydrogen-bond acceptors (Lipinski definition) is 3. The minimum Gasteiger partial charge on any atom is -0.624 e. The zero-order valence-corrected chi connectivity index (χ0v) is 16.6. The van der Waals surface area contributed by atoms with Crippen molar-refractivity contribution >= 4 is 17.0 Å². The van der Waals surface area contributed by atoms with Crippen LogP contribution in [0.15, 0.2) is 77.6 Å². The van der Waals surface area contributed by atoms with Crippen molar-refractivity contribution < 1.29 is 9.13 Å². The topological polar surface area (TPSA) is 61.0 Å². The fourth-order valence-corrected chi connectivity index (χ4v) is 3.25. The molecule has 0 saturated carbocycles. The molecule has 150 valence electrons. The Morgan fingerprint density at radius 2 is 1.70 bits per heavy atom. The molecule has 3 aromatic carbocycles. The standard InChI is InChI=1S/C24H20FN3O2/c1-16(2)27(30)15-17-8-7-9-18(14-17)23-19-10-3-4-11-20(19)24(29)28(26-23)22-13-6-5-12-21(22)25/h3-16H,1-2H3/b27-15-. The molecular weight excluding hydrogens is 381 g/mol.